The van der Waals surface area contributed by atoms with Crippen molar-refractivity contribution in [1.29, 1.82) is 0 Å². The average Bonchev–Trinajstić information content (AvgIpc) is 2.95. The van der Waals surface area contributed by atoms with Crippen LogP contribution in [0.3, 0.4) is 0 Å². The van der Waals surface area contributed by atoms with Gasteiger partial charge in [-0.05, 0) is 39.5 Å². The molecule has 2 heterocycles. The fraction of sp³-hybridized carbons (Fsp3) is 0.941. The first-order chi connectivity index (χ1) is 10.0. The number of hydrogen-bond acceptors (Lipinski definition) is 4. The first kappa shape index (κ1) is 15.4. The third kappa shape index (κ3) is 3.03. The van der Waals surface area contributed by atoms with Crippen molar-refractivity contribution < 1.29 is 14.3 Å². The molecule has 1 saturated carbocycles. The maximum atomic E-state index is 13.1. The van der Waals surface area contributed by atoms with Crippen LogP contribution >= 0.6 is 0 Å². The molecule has 1 spiro atoms. The van der Waals surface area contributed by atoms with E-state index in [1.165, 1.54) is 12.8 Å². The number of Topliss-reactive ketones (excluding diaryl/α,β-unsaturated/α-hetero) is 1. The topological polar surface area (TPSA) is 38.8 Å². The Morgan fingerprint density at radius 2 is 1.81 bits per heavy atom. The molecule has 2 saturated heterocycles. The summed E-state index contributed by atoms with van der Waals surface area (Å²) in [7, 11) is 0. The van der Waals surface area contributed by atoms with Crippen molar-refractivity contribution in [2.75, 3.05) is 32.9 Å². The van der Waals surface area contributed by atoms with Gasteiger partial charge in [0.2, 0.25) is 0 Å². The third-order valence-electron chi connectivity index (χ3n) is 5.78. The summed E-state index contributed by atoms with van der Waals surface area (Å²) >= 11 is 0. The highest BCUT2D eigenvalue weighted by atomic mass is 16.5. The summed E-state index contributed by atoms with van der Waals surface area (Å²) < 4.78 is 11.5. The van der Waals surface area contributed by atoms with Gasteiger partial charge in [-0.2, -0.15) is 0 Å². The van der Waals surface area contributed by atoms with E-state index in [0.29, 0.717) is 5.78 Å². The van der Waals surface area contributed by atoms with Gasteiger partial charge in [0.25, 0.3) is 0 Å². The average molecular weight is 295 g/mol. The highest BCUT2D eigenvalue weighted by Crippen LogP contribution is 2.43. The fourth-order valence-electron chi connectivity index (χ4n) is 4.40. The number of morpholine rings is 1. The molecule has 0 aromatic rings. The largest absolute Gasteiger partial charge is 0.379 e. The molecule has 0 amide bonds. The van der Waals surface area contributed by atoms with Crippen LogP contribution < -0.4 is 0 Å². The van der Waals surface area contributed by atoms with Gasteiger partial charge in [0.15, 0.2) is 5.78 Å². The van der Waals surface area contributed by atoms with Crippen molar-refractivity contribution in [3.8, 4) is 0 Å². The van der Waals surface area contributed by atoms with Crippen LogP contribution in [-0.4, -0.2) is 54.7 Å². The van der Waals surface area contributed by atoms with Gasteiger partial charge >= 0.3 is 0 Å². The van der Waals surface area contributed by atoms with Gasteiger partial charge in [-0.3, -0.25) is 9.69 Å². The minimum absolute atomic E-state index is 0.0274. The van der Waals surface area contributed by atoms with Crippen molar-refractivity contribution in [3.05, 3.63) is 0 Å². The maximum Gasteiger partial charge on any atom is 0.155 e. The smallest absolute Gasteiger partial charge is 0.155 e. The van der Waals surface area contributed by atoms with Gasteiger partial charge < -0.3 is 9.47 Å². The van der Waals surface area contributed by atoms with E-state index in [-0.39, 0.29) is 17.1 Å². The summed E-state index contributed by atoms with van der Waals surface area (Å²) in [5.74, 6) is 0.591. The molecule has 0 aromatic carbocycles. The molecule has 1 aliphatic carbocycles. The van der Waals surface area contributed by atoms with E-state index in [4.69, 9.17) is 9.47 Å². The lowest BCUT2D eigenvalue weighted by molar-refractivity contribution is -0.148. The van der Waals surface area contributed by atoms with Crippen LogP contribution in [0.25, 0.3) is 0 Å². The van der Waals surface area contributed by atoms with Crippen LogP contribution in [0.1, 0.15) is 52.4 Å². The van der Waals surface area contributed by atoms with E-state index < -0.39 is 0 Å². The molecule has 120 valence electrons. The van der Waals surface area contributed by atoms with Gasteiger partial charge in [0, 0.05) is 25.6 Å². The highest BCUT2D eigenvalue weighted by molar-refractivity contribution is 5.89. The normalized spacial score (nSPS) is 30.7. The molecule has 3 fully saturated rings. The number of carbonyl (C=O) groups excluding carboxylic acids is 1. The molecule has 0 N–H and O–H groups in total. The Morgan fingerprint density at radius 1 is 1.14 bits per heavy atom. The molecule has 0 radical (unpaired) electrons. The molecule has 1 atom stereocenters. The molecule has 0 aromatic heterocycles. The first-order valence-electron chi connectivity index (χ1n) is 8.55. The third-order valence-corrected chi connectivity index (χ3v) is 5.78. The SMILES string of the molecule is CC(C)(C(=O)C1CCOC2(CCCC2)C1)N1CCOCC1. The van der Waals surface area contributed by atoms with Crippen LogP contribution in [0.4, 0.5) is 0 Å². The molecular weight excluding hydrogens is 266 g/mol. The summed E-state index contributed by atoms with van der Waals surface area (Å²) in [6, 6.07) is 0. The van der Waals surface area contributed by atoms with E-state index in [1.54, 1.807) is 0 Å². The minimum atomic E-state index is -0.369. The van der Waals surface area contributed by atoms with E-state index in [9.17, 15) is 4.79 Å². The summed E-state index contributed by atoms with van der Waals surface area (Å²) in [6.45, 7) is 8.17. The quantitative estimate of drug-likeness (QED) is 0.801. The number of nitrogens with zero attached hydrogens (tertiary/aromatic N) is 1. The Bertz CT molecular complexity index is 381. The monoisotopic (exact) mass is 295 g/mol. The minimum Gasteiger partial charge on any atom is -0.379 e. The summed E-state index contributed by atoms with van der Waals surface area (Å²) in [5, 5.41) is 0. The Morgan fingerprint density at radius 3 is 2.48 bits per heavy atom. The van der Waals surface area contributed by atoms with Gasteiger partial charge in [-0.15, -0.1) is 0 Å². The number of rotatable bonds is 3. The molecule has 2 aliphatic heterocycles. The predicted octanol–water partition coefficient (Wildman–Crippen LogP) is 2.41. The molecule has 21 heavy (non-hydrogen) atoms. The lowest BCUT2D eigenvalue weighted by atomic mass is 9.77. The standard InChI is InChI=1S/C17H29NO3/c1-16(2,18-8-11-20-12-9-18)15(19)14-5-10-21-17(13-14)6-3-4-7-17/h14H,3-13H2,1-2H3. The predicted molar refractivity (Wildman–Crippen MR) is 81.4 cm³/mol. The summed E-state index contributed by atoms with van der Waals surface area (Å²) in [6.07, 6.45) is 6.65. The van der Waals surface area contributed by atoms with E-state index in [2.05, 4.69) is 18.7 Å². The van der Waals surface area contributed by atoms with Crippen LogP contribution in [-0.2, 0) is 14.3 Å². The van der Waals surface area contributed by atoms with E-state index in [1.807, 2.05) is 0 Å². The van der Waals surface area contributed by atoms with Gasteiger partial charge in [-0.1, -0.05) is 12.8 Å². The van der Waals surface area contributed by atoms with Crippen LogP contribution in [0.5, 0.6) is 0 Å². The summed E-state index contributed by atoms with van der Waals surface area (Å²) in [4.78, 5) is 15.4. The second-order valence-corrected chi connectivity index (χ2v) is 7.45. The van der Waals surface area contributed by atoms with Crippen LogP contribution in [0.2, 0.25) is 0 Å². The van der Waals surface area contributed by atoms with Gasteiger partial charge in [0.05, 0.1) is 24.4 Å². The van der Waals surface area contributed by atoms with Crippen molar-refractivity contribution in [3.63, 3.8) is 0 Å². The zero-order chi connectivity index (χ0) is 14.9. The molecule has 4 nitrogen and oxygen atoms in total. The second kappa shape index (κ2) is 5.98. The number of ketones is 1. The van der Waals surface area contributed by atoms with Crippen LogP contribution in [0.15, 0.2) is 0 Å². The fourth-order valence-corrected chi connectivity index (χ4v) is 4.40. The Labute approximate surface area is 128 Å². The lowest BCUT2D eigenvalue weighted by Crippen LogP contribution is -2.57. The Hall–Kier alpha value is -0.450. The zero-order valence-corrected chi connectivity index (χ0v) is 13.5. The second-order valence-electron chi connectivity index (χ2n) is 7.45. The van der Waals surface area contributed by atoms with Crippen LogP contribution in [0, 0.1) is 5.92 Å². The van der Waals surface area contributed by atoms with Gasteiger partial charge in [0.1, 0.15) is 0 Å². The number of carbonyl (C=O) groups is 1. The molecule has 4 heteroatoms. The van der Waals surface area contributed by atoms with Gasteiger partial charge in [-0.25, -0.2) is 0 Å². The van der Waals surface area contributed by atoms with E-state index in [0.717, 1.165) is 58.6 Å². The first-order valence-corrected chi connectivity index (χ1v) is 8.55. The van der Waals surface area contributed by atoms with Crippen molar-refractivity contribution >= 4 is 5.78 Å². The maximum absolute atomic E-state index is 13.1. The van der Waals surface area contributed by atoms with Crippen molar-refractivity contribution in [2.24, 2.45) is 5.92 Å². The molecule has 0 bridgehead atoms. The number of ether oxygens (including phenoxy) is 2. The van der Waals surface area contributed by atoms with E-state index >= 15 is 0 Å². The lowest BCUT2D eigenvalue weighted by Gasteiger charge is -2.44. The summed E-state index contributed by atoms with van der Waals surface area (Å²) in [5.41, 5.74) is -0.342. The Kier molecular flexibility index (Phi) is 4.40. The Balaban J connectivity index is 1.68. The molecule has 3 aliphatic rings. The van der Waals surface area contributed by atoms with Crippen molar-refractivity contribution in [1.82, 2.24) is 4.90 Å². The molecule has 1 unspecified atom stereocenters. The molecule has 3 rings (SSSR count). The van der Waals surface area contributed by atoms with Crippen molar-refractivity contribution in [2.45, 2.75) is 63.5 Å². The molecular formula is C17H29NO3. The highest BCUT2D eigenvalue weighted by Gasteiger charge is 2.46. The number of hydrogen-bond donors (Lipinski definition) is 0. The zero-order valence-electron chi connectivity index (χ0n) is 13.5.